The third-order valence-electron chi connectivity index (χ3n) is 4.23. The van der Waals surface area contributed by atoms with Crippen LogP contribution >= 0.6 is 0 Å². The van der Waals surface area contributed by atoms with E-state index >= 15 is 0 Å². The Hall–Kier alpha value is -0.0400. The molecule has 0 aromatic rings. The highest BCUT2D eigenvalue weighted by Crippen LogP contribution is 2.38. The minimum absolute atomic E-state index is 0.692. The first-order chi connectivity index (χ1) is 6.54. The van der Waals surface area contributed by atoms with E-state index in [9.17, 15) is 0 Å². The molecule has 4 atom stereocenters. The monoisotopic (exact) mass is 197 g/mol. The standard InChI is InChI=1S/C13H27N/c1-9-5-10(2)7-13(6-9)12(4)11(3)8-14/h9-13H,5-8,14H2,1-4H3. The topological polar surface area (TPSA) is 26.0 Å². The largest absolute Gasteiger partial charge is 0.330 e. The van der Waals surface area contributed by atoms with Crippen LogP contribution in [-0.4, -0.2) is 6.54 Å². The predicted molar refractivity (Wildman–Crippen MR) is 63.1 cm³/mol. The third kappa shape index (κ3) is 2.98. The normalized spacial score (nSPS) is 37.9. The number of rotatable bonds is 3. The summed E-state index contributed by atoms with van der Waals surface area (Å²) < 4.78 is 0. The Kier molecular flexibility index (Phi) is 4.43. The zero-order valence-electron chi connectivity index (χ0n) is 10.3. The van der Waals surface area contributed by atoms with Crippen LogP contribution < -0.4 is 5.73 Å². The van der Waals surface area contributed by atoms with Gasteiger partial charge in [0.15, 0.2) is 0 Å². The van der Waals surface area contributed by atoms with Gasteiger partial charge in [0.25, 0.3) is 0 Å². The minimum Gasteiger partial charge on any atom is -0.330 e. The van der Waals surface area contributed by atoms with Crippen molar-refractivity contribution in [3.8, 4) is 0 Å². The van der Waals surface area contributed by atoms with E-state index in [0.717, 1.165) is 30.2 Å². The molecule has 14 heavy (non-hydrogen) atoms. The van der Waals surface area contributed by atoms with Crippen molar-refractivity contribution in [1.29, 1.82) is 0 Å². The summed E-state index contributed by atoms with van der Waals surface area (Å²) in [5.74, 6) is 4.28. The molecule has 1 aliphatic rings. The summed E-state index contributed by atoms with van der Waals surface area (Å²) in [4.78, 5) is 0. The van der Waals surface area contributed by atoms with Crippen molar-refractivity contribution >= 4 is 0 Å². The van der Waals surface area contributed by atoms with Crippen molar-refractivity contribution in [2.75, 3.05) is 6.54 Å². The molecule has 0 radical (unpaired) electrons. The second-order valence-electron chi connectivity index (χ2n) is 5.75. The number of nitrogens with two attached hydrogens (primary N) is 1. The molecule has 84 valence electrons. The van der Waals surface area contributed by atoms with Crippen LogP contribution in [0.15, 0.2) is 0 Å². The first kappa shape index (κ1) is 12.0. The van der Waals surface area contributed by atoms with Crippen LogP contribution in [-0.2, 0) is 0 Å². The molecule has 2 N–H and O–H groups in total. The zero-order chi connectivity index (χ0) is 10.7. The molecule has 1 rings (SSSR count). The first-order valence-corrected chi connectivity index (χ1v) is 6.24. The Labute approximate surface area is 89.5 Å². The SMILES string of the molecule is CC1CC(C)CC(C(C)C(C)CN)C1. The molecule has 0 aromatic heterocycles. The average molecular weight is 197 g/mol. The van der Waals surface area contributed by atoms with Crippen molar-refractivity contribution in [1.82, 2.24) is 0 Å². The van der Waals surface area contributed by atoms with Crippen molar-refractivity contribution in [3.63, 3.8) is 0 Å². The number of hydrogen-bond donors (Lipinski definition) is 1. The molecule has 0 heterocycles. The molecular formula is C13H27N. The summed E-state index contributed by atoms with van der Waals surface area (Å²) in [5.41, 5.74) is 5.75. The van der Waals surface area contributed by atoms with Gasteiger partial charge in [0.05, 0.1) is 0 Å². The molecule has 1 saturated carbocycles. The highest BCUT2D eigenvalue weighted by molar-refractivity contribution is 4.80. The molecule has 0 bridgehead atoms. The van der Waals surface area contributed by atoms with E-state index in [-0.39, 0.29) is 0 Å². The summed E-state index contributed by atoms with van der Waals surface area (Å²) in [6.07, 6.45) is 4.28. The van der Waals surface area contributed by atoms with Crippen LogP contribution in [0.5, 0.6) is 0 Å². The van der Waals surface area contributed by atoms with Gasteiger partial charge in [-0.1, -0.05) is 27.7 Å². The maximum Gasteiger partial charge on any atom is -0.00489 e. The van der Waals surface area contributed by atoms with Crippen molar-refractivity contribution in [2.45, 2.75) is 47.0 Å². The Morgan fingerprint density at radius 1 is 1.07 bits per heavy atom. The van der Waals surface area contributed by atoms with Crippen molar-refractivity contribution in [3.05, 3.63) is 0 Å². The van der Waals surface area contributed by atoms with E-state index in [1.165, 1.54) is 19.3 Å². The molecule has 0 amide bonds. The lowest BCUT2D eigenvalue weighted by atomic mass is 9.69. The Morgan fingerprint density at radius 2 is 1.57 bits per heavy atom. The fourth-order valence-electron chi connectivity index (χ4n) is 3.12. The van der Waals surface area contributed by atoms with Gasteiger partial charge in [0, 0.05) is 0 Å². The van der Waals surface area contributed by atoms with Crippen molar-refractivity contribution < 1.29 is 0 Å². The van der Waals surface area contributed by atoms with Gasteiger partial charge in [-0.05, 0) is 55.4 Å². The molecule has 0 aliphatic heterocycles. The van der Waals surface area contributed by atoms with Gasteiger partial charge >= 0.3 is 0 Å². The summed E-state index contributed by atoms with van der Waals surface area (Å²) >= 11 is 0. The summed E-state index contributed by atoms with van der Waals surface area (Å²) in [7, 11) is 0. The van der Waals surface area contributed by atoms with Crippen LogP contribution in [0.1, 0.15) is 47.0 Å². The lowest BCUT2D eigenvalue weighted by molar-refractivity contribution is 0.138. The molecular weight excluding hydrogens is 170 g/mol. The second-order valence-corrected chi connectivity index (χ2v) is 5.75. The van der Waals surface area contributed by atoms with E-state index in [4.69, 9.17) is 5.73 Å². The number of hydrogen-bond acceptors (Lipinski definition) is 1. The molecule has 0 saturated heterocycles. The lowest BCUT2D eigenvalue weighted by Gasteiger charge is -2.37. The van der Waals surface area contributed by atoms with Crippen LogP contribution in [0.25, 0.3) is 0 Å². The Morgan fingerprint density at radius 3 is 2.00 bits per heavy atom. The van der Waals surface area contributed by atoms with Gasteiger partial charge in [-0.3, -0.25) is 0 Å². The third-order valence-corrected chi connectivity index (χ3v) is 4.23. The quantitative estimate of drug-likeness (QED) is 0.738. The smallest absolute Gasteiger partial charge is 0.00489 e. The van der Waals surface area contributed by atoms with E-state index in [0.29, 0.717) is 5.92 Å². The Bertz CT molecular complexity index is 157. The van der Waals surface area contributed by atoms with Crippen LogP contribution in [0.2, 0.25) is 0 Å². The molecule has 1 nitrogen and oxygen atoms in total. The molecule has 1 heteroatoms. The maximum atomic E-state index is 5.75. The van der Waals surface area contributed by atoms with Gasteiger partial charge in [0.2, 0.25) is 0 Å². The fraction of sp³-hybridized carbons (Fsp3) is 1.00. The van der Waals surface area contributed by atoms with Gasteiger partial charge < -0.3 is 5.73 Å². The van der Waals surface area contributed by atoms with E-state index in [2.05, 4.69) is 27.7 Å². The van der Waals surface area contributed by atoms with E-state index in [1.807, 2.05) is 0 Å². The molecule has 0 spiro atoms. The molecule has 0 aromatic carbocycles. The minimum atomic E-state index is 0.692. The summed E-state index contributed by atoms with van der Waals surface area (Å²) in [6, 6.07) is 0. The first-order valence-electron chi connectivity index (χ1n) is 6.24. The lowest BCUT2D eigenvalue weighted by Crippen LogP contribution is -2.30. The average Bonchev–Trinajstić information content (AvgIpc) is 2.14. The zero-order valence-corrected chi connectivity index (χ0v) is 10.3. The van der Waals surface area contributed by atoms with Gasteiger partial charge in [-0.2, -0.15) is 0 Å². The summed E-state index contributed by atoms with van der Waals surface area (Å²) in [5, 5.41) is 0. The van der Waals surface area contributed by atoms with Gasteiger partial charge in [-0.15, -0.1) is 0 Å². The molecule has 1 fully saturated rings. The fourth-order valence-corrected chi connectivity index (χ4v) is 3.12. The summed E-state index contributed by atoms with van der Waals surface area (Å²) in [6.45, 7) is 10.4. The predicted octanol–water partition coefficient (Wildman–Crippen LogP) is 3.29. The molecule has 4 unspecified atom stereocenters. The van der Waals surface area contributed by atoms with Crippen LogP contribution in [0.4, 0.5) is 0 Å². The van der Waals surface area contributed by atoms with Gasteiger partial charge in [0.1, 0.15) is 0 Å². The Balaban J connectivity index is 2.50. The van der Waals surface area contributed by atoms with Gasteiger partial charge in [-0.25, -0.2) is 0 Å². The van der Waals surface area contributed by atoms with Crippen LogP contribution in [0, 0.1) is 29.6 Å². The van der Waals surface area contributed by atoms with Crippen LogP contribution in [0.3, 0.4) is 0 Å². The highest BCUT2D eigenvalue weighted by atomic mass is 14.6. The molecule has 1 aliphatic carbocycles. The van der Waals surface area contributed by atoms with Crippen molar-refractivity contribution in [2.24, 2.45) is 35.3 Å². The van der Waals surface area contributed by atoms with E-state index < -0.39 is 0 Å². The maximum absolute atomic E-state index is 5.75. The highest BCUT2D eigenvalue weighted by Gasteiger charge is 2.29. The van der Waals surface area contributed by atoms with E-state index in [1.54, 1.807) is 0 Å². The second kappa shape index (κ2) is 5.16.